The van der Waals surface area contributed by atoms with Gasteiger partial charge in [0.05, 0.1) is 0 Å². The summed E-state index contributed by atoms with van der Waals surface area (Å²) in [6, 6.07) is 0.528. The molecule has 1 amide bonds. The van der Waals surface area contributed by atoms with Gasteiger partial charge in [-0.05, 0) is 25.7 Å². The molecule has 0 aromatic heterocycles. The number of rotatable bonds is 0. The van der Waals surface area contributed by atoms with Crippen LogP contribution in [0.3, 0.4) is 0 Å². The highest BCUT2D eigenvalue weighted by atomic mass is 16.6. The lowest BCUT2D eigenvalue weighted by molar-refractivity contribution is -0.136. The highest BCUT2D eigenvalue weighted by Gasteiger charge is 2.43. The summed E-state index contributed by atoms with van der Waals surface area (Å²) >= 11 is 0. The minimum absolute atomic E-state index is 0.172. The van der Waals surface area contributed by atoms with E-state index in [1.807, 2.05) is 0 Å². The molecule has 15 heavy (non-hydrogen) atoms. The fraction of sp³-hybridized carbons (Fsp3) is 0.800. The number of hydrogen-bond donors (Lipinski definition) is 1. The van der Waals surface area contributed by atoms with Crippen molar-refractivity contribution in [1.82, 2.24) is 4.90 Å². The van der Waals surface area contributed by atoms with Crippen molar-refractivity contribution >= 4 is 12.1 Å². The van der Waals surface area contributed by atoms with Crippen LogP contribution in [0.4, 0.5) is 4.79 Å². The second-order valence-electron chi connectivity index (χ2n) is 4.38. The first-order valence-corrected chi connectivity index (χ1v) is 5.34. The molecule has 2 rings (SSSR count). The van der Waals surface area contributed by atoms with Crippen molar-refractivity contribution in [2.45, 2.75) is 50.7 Å². The molecule has 2 heterocycles. The lowest BCUT2D eigenvalue weighted by Crippen LogP contribution is -2.50. The first-order valence-electron chi connectivity index (χ1n) is 5.34. The van der Waals surface area contributed by atoms with Crippen LogP contribution in [-0.4, -0.2) is 35.1 Å². The summed E-state index contributed by atoms with van der Waals surface area (Å²) in [7, 11) is 0. The van der Waals surface area contributed by atoms with Crippen LogP contribution in [0.25, 0.3) is 0 Å². The molecule has 0 spiro atoms. The van der Waals surface area contributed by atoms with Gasteiger partial charge in [0.25, 0.3) is 0 Å². The van der Waals surface area contributed by atoms with Gasteiger partial charge in [0.2, 0.25) is 0 Å². The summed E-state index contributed by atoms with van der Waals surface area (Å²) in [5, 5.41) is 0. The maximum absolute atomic E-state index is 11.6. The van der Waals surface area contributed by atoms with E-state index in [9.17, 15) is 9.59 Å². The van der Waals surface area contributed by atoms with Crippen LogP contribution in [0.15, 0.2) is 0 Å². The molecule has 0 saturated carbocycles. The monoisotopic (exact) mass is 212 g/mol. The lowest BCUT2D eigenvalue weighted by Gasteiger charge is -2.36. The Labute approximate surface area is 88.5 Å². The third-order valence-electron chi connectivity index (χ3n) is 3.21. The van der Waals surface area contributed by atoms with Gasteiger partial charge in [-0.2, -0.15) is 0 Å². The molecule has 2 bridgehead atoms. The van der Waals surface area contributed by atoms with Crippen LogP contribution in [0, 0.1) is 0 Å². The maximum Gasteiger partial charge on any atom is 0.418 e. The Balaban J connectivity index is 2.04. The topological polar surface area (TPSA) is 72.6 Å². The Morgan fingerprint density at radius 2 is 1.80 bits per heavy atom. The quantitative estimate of drug-likeness (QED) is 0.472. The molecule has 2 N–H and O–H groups in total. The Hall–Kier alpha value is -1.10. The van der Waals surface area contributed by atoms with E-state index >= 15 is 0 Å². The smallest absolute Gasteiger partial charge is 0.376 e. The molecule has 3 atom stereocenters. The number of ether oxygens (including phenoxy) is 1. The van der Waals surface area contributed by atoms with Crippen molar-refractivity contribution in [2.75, 3.05) is 0 Å². The predicted molar refractivity (Wildman–Crippen MR) is 53.0 cm³/mol. The van der Waals surface area contributed by atoms with Crippen molar-refractivity contribution in [2.24, 2.45) is 5.73 Å². The number of carbonyl (C=O) groups is 2. The third kappa shape index (κ3) is 1.97. The first-order chi connectivity index (χ1) is 7.08. The fourth-order valence-corrected chi connectivity index (χ4v) is 2.69. The van der Waals surface area contributed by atoms with E-state index in [2.05, 4.69) is 4.74 Å². The second-order valence-corrected chi connectivity index (χ2v) is 4.38. The van der Waals surface area contributed by atoms with Crippen molar-refractivity contribution in [3.63, 3.8) is 0 Å². The predicted octanol–water partition coefficient (Wildman–Crippen LogP) is 0.624. The molecule has 5 heteroatoms. The van der Waals surface area contributed by atoms with E-state index in [1.54, 1.807) is 4.90 Å². The van der Waals surface area contributed by atoms with Gasteiger partial charge in [0.1, 0.15) is 0 Å². The zero-order chi connectivity index (χ0) is 11.0. The third-order valence-corrected chi connectivity index (χ3v) is 3.21. The molecule has 5 nitrogen and oxygen atoms in total. The van der Waals surface area contributed by atoms with Gasteiger partial charge >= 0.3 is 12.1 Å². The zero-order valence-electron chi connectivity index (χ0n) is 8.81. The van der Waals surface area contributed by atoms with Crippen molar-refractivity contribution in [3.8, 4) is 0 Å². The van der Waals surface area contributed by atoms with Gasteiger partial charge in [-0.3, -0.25) is 4.79 Å². The number of nitrogens with two attached hydrogens (primary N) is 1. The second kappa shape index (κ2) is 3.81. The van der Waals surface area contributed by atoms with Gasteiger partial charge in [0.15, 0.2) is 0 Å². The molecule has 2 saturated heterocycles. The Kier molecular flexibility index (Phi) is 2.65. The average molecular weight is 212 g/mol. The number of hydrogen-bond acceptors (Lipinski definition) is 4. The molecule has 84 valence electrons. The summed E-state index contributed by atoms with van der Waals surface area (Å²) < 4.78 is 4.61. The molecule has 2 fully saturated rings. The number of amides is 1. The number of piperidine rings is 1. The van der Waals surface area contributed by atoms with Crippen LogP contribution in [0.5, 0.6) is 0 Å². The summed E-state index contributed by atoms with van der Waals surface area (Å²) in [4.78, 5) is 24.0. The SMILES string of the molecule is CC(=O)OC(=O)N1[C@@H]2CC[C@H]1CC(N)C2. The molecule has 0 radical (unpaired) electrons. The van der Waals surface area contributed by atoms with E-state index in [0.29, 0.717) is 0 Å². The van der Waals surface area contributed by atoms with Crippen LogP contribution in [0.1, 0.15) is 32.6 Å². The molecule has 2 aliphatic heterocycles. The highest BCUT2D eigenvalue weighted by molar-refractivity contribution is 5.83. The van der Waals surface area contributed by atoms with E-state index in [4.69, 9.17) is 5.73 Å². The Morgan fingerprint density at radius 3 is 2.27 bits per heavy atom. The number of fused-ring (bicyclic) bond motifs is 2. The van der Waals surface area contributed by atoms with Crippen molar-refractivity contribution < 1.29 is 14.3 Å². The summed E-state index contributed by atoms with van der Waals surface area (Å²) in [5.74, 6) is -0.547. The van der Waals surface area contributed by atoms with E-state index < -0.39 is 12.1 Å². The summed E-state index contributed by atoms with van der Waals surface area (Å²) in [6.07, 6.45) is 3.10. The van der Waals surface area contributed by atoms with Crippen LogP contribution >= 0.6 is 0 Å². The zero-order valence-corrected chi connectivity index (χ0v) is 8.81. The minimum Gasteiger partial charge on any atom is -0.376 e. The minimum atomic E-state index is -0.547. The Morgan fingerprint density at radius 1 is 1.27 bits per heavy atom. The molecule has 0 aliphatic carbocycles. The average Bonchev–Trinajstić information content (AvgIpc) is 2.38. The highest BCUT2D eigenvalue weighted by Crippen LogP contribution is 2.35. The number of carbonyl (C=O) groups excluding carboxylic acids is 2. The molecule has 2 aliphatic rings. The van der Waals surface area contributed by atoms with E-state index in [0.717, 1.165) is 25.7 Å². The van der Waals surface area contributed by atoms with E-state index in [1.165, 1.54) is 6.92 Å². The molecule has 1 unspecified atom stereocenters. The van der Waals surface area contributed by atoms with Crippen LogP contribution in [0.2, 0.25) is 0 Å². The van der Waals surface area contributed by atoms with Crippen LogP contribution < -0.4 is 5.73 Å². The van der Waals surface area contributed by atoms with Gasteiger partial charge in [0, 0.05) is 25.0 Å². The molecular formula is C10H16N2O3. The van der Waals surface area contributed by atoms with Gasteiger partial charge in [-0.1, -0.05) is 0 Å². The number of esters is 1. The van der Waals surface area contributed by atoms with Gasteiger partial charge in [-0.15, -0.1) is 0 Å². The normalized spacial score (nSPS) is 34.0. The molecule has 0 aromatic rings. The van der Waals surface area contributed by atoms with Gasteiger partial charge in [-0.25, -0.2) is 4.79 Å². The summed E-state index contributed by atoms with van der Waals surface area (Å²) in [5.41, 5.74) is 5.87. The first kappa shape index (κ1) is 10.4. The summed E-state index contributed by atoms with van der Waals surface area (Å²) in [6.45, 7) is 1.25. The molecule has 0 aromatic carbocycles. The van der Waals surface area contributed by atoms with Crippen molar-refractivity contribution in [3.05, 3.63) is 0 Å². The molecular weight excluding hydrogens is 196 g/mol. The van der Waals surface area contributed by atoms with Gasteiger partial charge < -0.3 is 15.4 Å². The Bertz CT molecular complexity index is 278. The fourth-order valence-electron chi connectivity index (χ4n) is 2.69. The maximum atomic E-state index is 11.6. The lowest BCUT2D eigenvalue weighted by atomic mass is 9.99. The van der Waals surface area contributed by atoms with Crippen LogP contribution in [-0.2, 0) is 9.53 Å². The van der Waals surface area contributed by atoms with Crippen molar-refractivity contribution in [1.29, 1.82) is 0 Å². The standard InChI is InChI=1S/C10H16N2O3/c1-6(13)15-10(14)12-8-2-3-9(12)5-7(11)4-8/h7-9H,2-5,11H2,1H3/t7?,8-,9+. The van der Waals surface area contributed by atoms with E-state index in [-0.39, 0.29) is 18.1 Å². The number of nitrogens with zero attached hydrogens (tertiary/aromatic N) is 1. The largest absolute Gasteiger partial charge is 0.418 e.